The van der Waals surface area contributed by atoms with Crippen molar-refractivity contribution in [1.82, 2.24) is 10.2 Å². The quantitative estimate of drug-likeness (QED) is 0.856. The summed E-state index contributed by atoms with van der Waals surface area (Å²) in [5, 5.41) is 10.3. The van der Waals surface area contributed by atoms with Gasteiger partial charge in [0.05, 0.1) is 23.6 Å². The van der Waals surface area contributed by atoms with Gasteiger partial charge in [0.25, 0.3) is 0 Å². The average Bonchev–Trinajstić information content (AvgIpc) is 2.73. The van der Waals surface area contributed by atoms with E-state index in [1.807, 2.05) is 26.0 Å². The minimum Gasteiger partial charge on any atom is -0.454 e. The number of aromatic amines is 1. The van der Waals surface area contributed by atoms with Crippen LogP contribution in [0.2, 0.25) is 0 Å². The molecular weight excluding hydrogens is 305 g/mol. The third-order valence-corrected chi connectivity index (χ3v) is 2.78. The SMILES string of the molecule is Cc1n[nH]c(C)c1NCc1ccc(I)o1. The Labute approximate surface area is 102 Å². The highest BCUT2D eigenvalue weighted by Gasteiger charge is 2.06. The second-order valence-electron chi connectivity index (χ2n) is 3.37. The van der Waals surface area contributed by atoms with Gasteiger partial charge in [0.1, 0.15) is 5.76 Å². The summed E-state index contributed by atoms with van der Waals surface area (Å²) in [6.45, 7) is 4.65. The normalized spacial score (nSPS) is 10.6. The fourth-order valence-electron chi connectivity index (χ4n) is 1.43. The van der Waals surface area contributed by atoms with E-state index in [0.29, 0.717) is 6.54 Å². The predicted molar refractivity (Wildman–Crippen MR) is 66.8 cm³/mol. The number of furan rings is 1. The first kappa shape index (κ1) is 10.5. The number of halogens is 1. The molecule has 0 aliphatic rings. The molecule has 0 saturated heterocycles. The molecular formula is C10H12IN3O. The minimum atomic E-state index is 0.685. The topological polar surface area (TPSA) is 53.9 Å². The number of hydrogen-bond acceptors (Lipinski definition) is 3. The van der Waals surface area contributed by atoms with Crippen molar-refractivity contribution in [1.29, 1.82) is 0 Å². The van der Waals surface area contributed by atoms with Crippen molar-refractivity contribution in [3.63, 3.8) is 0 Å². The molecule has 0 bridgehead atoms. The van der Waals surface area contributed by atoms with Crippen molar-refractivity contribution < 1.29 is 4.42 Å². The molecule has 2 N–H and O–H groups in total. The Bertz CT molecular complexity index is 441. The number of hydrogen-bond donors (Lipinski definition) is 2. The van der Waals surface area contributed by atoms with Crippen LogP contribution >= 0.6 is 22.6 Å². The Hall–Kier alpha value is -0.980. The smallest absolute Gasteiger partial charge is 0.164 e. The molecule has 2 rings (SSSR count). The molecule has 4 nitrogen and oxygen atoms in total. The molecule has 0 saturated carbocycles. The van der Waals surface area contributed by atoms with E-state index in [9.17, 15) is 0 Å². The van der Waals surface area contributed by atoms with Gasteiger partial charge >= 0.3 is 0 Å². The highest BCUT2D eigenvalue weighted by atomic mass is 127. The number of rotatable bonds is 3. The van der Waals surface area contributed by atoms with Crippen LogP contribution in [-0.4, -0.2) is 10.2 Å². The molecule has 0 aliphatic heterocycles. The second kappa shape index (κ2) is 4.26. The van der Waals surface area contributed by atoms with E-state index >= 15 is 0 Å². The van der Waals surface area contributed by atoms with E-state index in [0.717, 1.165) is 26.6 Å². The molecule has 0 aliphatic carbocycles. The van der Waals surface area contributed by atoms with Gasteiger partial charge in [-0.05, 0) is 48.6 Å². The fraction of sp³-hybridized carbons (Fsp3) is 0.300. The lowest BCUT2D eigenvalue weighted by Crippen LogP contribution is -1.99. The summed E-state index contributed by atoms with van der Waals surface area (Å²) in [5.74, 6) is 0.930. The van der Waals surface area contributed by atoms with Crippen LogP contribution < -0.4 is 5.32 Å². The number of nitrogens with zero attached hydrogens (tertiary/aromatic N) is 1. The average molecular weight is 317 g/mol. The Morgan fingerprint density at radius 3 is 2.80 bits per heavy atom. The summed E-state index contributed by atoms with van der Waals surface area (Å²) in [6.07, 6.45) is 0. The van der Waals surface area contributed by atoms with Crippen LogP contribution in [0.15, 0.2) is 16.5 Å². The Morgan fingerprint density at radius 1 is 1.47 bits per heavy atom. The molecule has 80 valence electrons. The number of H-pyrrole nitrogens is 1. The van der Waals surface area contributed by atoms with Crippen LogP contribution in [0.3, 0.4) is 0 Å². The van der Waals surface area contributed by atoms with Crippen molar-refractivity contribution in [2.24, 2.45) is 0 Å². The van der Waals surface area contributed by atoms with Crippen LogP contribution in [0.4, 0.5) is 5.69 Å². The zero-order valence-electron chi connectivity index (χ0n) is 8.60. The largest absolute Gasteiger partial charge is 0.454 e. The van der Waals surface area contributed by atoms with Gasteiger partial charge in [-0.2, -0.15) is 5.10 Å². The third-order valence-electron chi connectivity index (χ3n) is 2.20. The van der Waals surface area contributed by atoms with E-state index < -0.39 is 0 Å². The van der Waals surface area contributed by atoms with Crippen LogP contribution in [0.1, 0.15) is 17.1 Å². The van der Waals surface area contributed by atoms with E-state index in [-0.39, 0.29) is 0 Å². The van der Waals surface area contributed by atoms with Gasteiger partial charge in [-0.25, -0.2) is 0 Å². The number of anilines is 1. The van der Waals surface area contributed by atoms with Crippen LogP contribution in [0.25, 0.3) is 0 Å². The predicted octanol–water partition coefficient (Wildman–Crippen LogP) is 2.84. The molecule has 2 heterocycles. The van der Waals surface area contributed by atoms with E-state index in [1.54, 1.807) is 0 Å². The van der Waals surface area contributed by atoms with E-state index in [1.165, 1.54) is 0 Å². The molecule has 5 heteroatoms. The van der Waals surface area contributed by atoms with E-state index in [4.69, 9.17) is 4.42 Å². The van der Waals surface area contributed by atoms with Gasteiger partial charge in [-0.15, -0.1) is 0 Å². The molecule has 0 unspecified atom stereocenters. The van der Waals surface area contributed by atoms with Crippen molar-refractivity contribution in [2.45, 2.75) is 20.4 Å². The van der Waals surface area contributed by atoms with Gasteiger partial charge in [0, 0.05) is 0 Å². The Morgan fingerprint density at radius 2 is 2.27 bits per heavy atom. The minimum absolute atomic E-state index is 0.685. The molecule has 2 aromatic heterocycles. The van der Waals surface area contributed by atoms with Gasteiger partial charge < -0.3 is 9.73 Å². The summed E-state index contributed by atoms with van der Waals surface area (Å²) in [6, 6.07) is 3.92. The first-order chi connectivity index (χ1) is 7.16. The summed E-state index contributed by atoms with van der Waals surface area (Å²) in [7, 11) is 0. The van der Waals surface area contributed by atoms with Gasteiger partial charge in [-0.1, -0.05) is 0 Å². The number of aromatic nitrogens is 2. The first-order valence-electron chi connectivity index (χ1n) is 4.66. The van der Waals surface area contributed by atoms with Crippen molar-refractivity contribution in [3.8, 4) is 0 Å². The molecule has 2 aromatic rings. The maximum absolute atomic E-state index is 5.46. The zero-order valence-corrected chi connectivity index (χ0v) is 10.8. The fourth-order valence-corrected chi connectivity index (χ4v) is 1.90. The highest BCUT2D eigenvalue weighted by Crippen LogP contribution is 2.18. The lowest BCUT2D eigenvalue weighted by Gasteiger charge is -2.03. The Kier molecular flexibility index (Phi) is 2.99. The summed E-state index contributed by atoms with van der Waals surface area (Å²) in [4.78, 5) is 0. The molecule has 0 aromatic carbocycles. The number of aryl methyl sites for hydroxylation is 2. The second-order valence-corrected chi connectivity index (χ2v) is 4.43. The molecule has 0 atom stereocenters. The molecule has 0 amide bonds. The Balaban J connectivity index is 2.05. The number of nitrogens with one attached hydrogen (secondary N) is 2. The monoisotopic (exact) mass is 317 g/mol. The van der Waals surface area contributed by atoms with Crippen molar-refractivity contribution in [3.05, 3.63) is 33.0 Å². The lowest BCUT2D eigenvalue weighted by molar-refractivity contribution is 0.493. The molecule has 0 radical (unpaired) electrons. The molecule has 15 heavy (non-hydrogen) atoms. The van der Waals surface area contributed by atoms with Gasteiger partial charge in [0.15, 0.2) is 3.77 Å². The summed E-state index contributed by atoms with van der Waals surface area (Å²) >= 11 is 2.15. The lowest BCUT2D eigenvalue weighted by atomic mass is 10.3. The van der Waals surface area contributed by atoms with Crippen LogP contribution in [-0.2, 0) is 6.54 Å². The van der Waals surface area contributed by atoms with Crippen LogP contribution in [0, 0.1) is 17.6 Å². The first-order valence-corrected chi connectivity index (χ1v) is 5.74. The van der Waals surface area contributed by atoms with Gasteiger partial charge in [0.2, 0.25) is 0 Å². The zero-order chi connectivity index (χ0) is 10.8. The third kappa shape index (κ3) is 2.34. The summed E-state index contributed by atoms with van der Waals surface area (Å²) in [5.41, 5.74) is 3.09. The van der Waals surface area contributed by atoms with Crippen molar-refractivity contribution >= 4 is 28.3 Å². The maximum atomic E-state index is 5.46. The molecule has 0 fully saturated rings. The van der Waals surface area contributed by atoms with Crippen molar-refractivity contribution in [2.75, 3.05) is 5.32 Å². The molecule has 0 spiro atoms. The standard InChI is InChI=1S/C10H12IN3O/c1-6-10(7(2)14-13-6)12-5-8-3-4-9(11)15-8/h3-4,12H,5H2,1-2H3,(H,13,14). The summed E-state index contributed by atoms with van der Waals surface area (Å²) < 4.78 is 6.36. The van der Waals surface area contributed by atoms with Gasteiger partial charge in [-0.3, -0.25) is 5.10 Å². The van der Waals surface area contributed by atoms with E-state index in [2.05, 4.69) is 38.1 Å². The maximum Gasteiger partial charge on any atom is 0.164 e. The highest BCUT2D eigenvalue weighted by molar-refractivity contribution is 14.1. The van der Waals surface area contributed by atoms with Crippen LogP contribution in [0.5, 0.6) is 0 Å².